The Balaban J connectivity index is 1.81. The third kappa shape index (κ3) is 2.42. The Hall–Kier alpha value is -0.000000000000000111. The molecule has 1 aromatic rings. The van der Waals surface area contributed by atoms with Gasteiger partial charge in [-0.15, -0.1) is 0 Å². The van der Waals surface area contributed by atoms with Crippen molar-refractivity contribution in [2.75, 3.05) is 11.9 Å². The number of benzene rings is 1. The molecule has 1 nitrogen and oxygen atoms in total. The summed E-state index contributed by atoms with van der Waals surface area (Å²) in [6, 6.07) is 9.54. The molecule has 1 saturated carbocycles. The van der Waals surface area contributed by atoms with Gasteiger partial charge in [-0.05, 0) is 5.56 Å². The van der Waals surface area contributed by atoms with Gasteiger partial charge in [0.25, 0.3) is 5.92 Å². The smallest absolute Gasteiger partial charge is 0.271 e. The summed E-state index contributed by atoms with van der Waals surface area (Å²) in [5, 5.41) is 0.229. The summed E-state index contributed by atoms with van der Waals surface area (Å²) in [6.45, 7) is 0.442. The van der Waals surface area contributed by atoms with Crippen molar-refractivity contribution in [2.45, 2.75) is 16.9 Å². The molecule has 1 aliphatic carbocycles. The van der Waals surface area contributed by atoms with E-state index >= 15 is 0 Å². The highest BCUT2D eigenvalue weighted by Crippen LogP contribution is 2.65. The van der Waals surface area contributed by atoms with Crippen molar-refractivity contribution in [3.05, 3.63) is 35.9 Å². The van der Waals surface area contributed by atoms with E-state index < -0.39 is 16.2 Å². The van der Waals surface area contributed by atoms with Crippen LogP contribution in [0.3, 0.4) is 0 Å². The van der Waals surface area contributed by atoms with E-state index in [1.54, 1.807) is 0 Å². The summed E-state index contributed by atoms with van der Waals surface area (Å²) >= 11 is 6.19. The summed E-state index contributed by atoms with van der Waals surface area (Å²) in [6.07, 6.45) is 0. The zero-order valence-electron chi connectivity index (χ0n) is 9.01. The number of rotatable bonds is 5. The maximum absolute atomic E-state index is 13.4. The molecule has 0 radical (unpaired) electrons. The van der Waals surface area contributed by atoms with Gasteiger partial charge in [-0.2, -0.15) is 0 Å². The summed E-state index contributed by atoms with van der Waals surface area (Å²) in [4.78, 5) is 0. The van der Waals surface area contributed by atoms with Crippen molar-refractivity contribution in [3.63, 3.8) is 0 Å². The predicted octanol–water partition coefficient (Wildman–Crippen LogP) is 4.00. The van der Waals surface area contributed by atoms with Crippen LogP contribution in [0, 0.1) is 5.92 Å². The van der Waals surface area contributed by atoms with Gasteiger partial charge in [0.15, 0.2) is 0 Å². The van der Waals surface area contributed by atoms with Gasteiger partial charge in [0, 0.05) is 5.33 Å². The molecule has 2 unspecified atom stereocenters. The lowest BCUT2D eigenvalue weighted by Crippen LogP contribution is -2.11. The van der Waals surface area contributed by atoms with Gasteiger partial charge in [0.2, 0.25) is 0 Å². The lowest BCUT2D eigenvalue weighted by Gasteiger charge is -2.04. The van der Waals surface area contributed by atoms with Crippen LogP contribution in [0.25, 0.3) is 0 Å². The van der Waals surface area contributed by atoms with E-state index in [1.807, 2.05) is 30.3 Å². The third-order valence-electron chi connectivity index (χ3n) is 3.05. The first-order valence-electron chi connectivity index (χ1n) is 5.26. The van der Waals surface area contributed by atoms with Crippen molar-refractivity contribution in [3.8, 4) is 0 Å². The normalized spacial score (nSPS) is 30.2. The van der Waals surface area contributed by atoms with Crippen molar-refractivity contribution in [2.24, 2.45) is 5.92 Å². The van der Waals surface area contributed by atoms with Gasteiger partial charge in [-0.1, -0.05) is 62.2 Å². The van der Waals surface area contributed by atoms with E-state index in [0.29, 0.717) is 6.61 Å². The van der Waals surface area contributed by atoms with Crippen LogP contribution in [0.4, 0.5) is 8.78 Å². The molecule has 0 spiro atoms. The maximum Gasteiger partial charge on any atom is 0.271 e. The van der Waals surface area contributed by atoms with E-state index in [0.717, 1.165) is 5.56 Å². The fourth-order valence-corrected chi connectivity index (χ4v) is 3.13. The van der Waals surface area contributed by atoms with Gasteiger partial charge < -0.3 is 4.74 Å². The third-order valence-corrected chi connectivity index (χ3v) is 6.05. The maximum atomic E-state index is 13.4. The zero-order chi connectivity index (χ0) is 12.5. The Labute approximate surface area is 116 Å². The van der Waals surface area contributed by atoms with Crippen LogP contribution in [0.1, 0.15) is 5.56 Å². The molecule has 0 N–H and O–H groups in total. The van der Waals surface area contributed by atoms with E-state index in [-0.39, 0.29) is 11.9 Å². The largest absolute Gasteiger partial charge is 0.376 e. The lowest BCUT2D eigenvalue weighted by atomic mass is 10.2. The van der Waals surface area contributed by atoms with Crippen LogP contribution in [-0.4, -0.2) is 22.2 Å². The summed E-state index contributed by atoms with van der Waals surface area (Å²) in [5.74, 6) is -3.44. The lowest BCUT2D eigenvalue weighted by molar-refractivity contribution is 0.0479. The Morgan fingerprint density at radius 3 is 2.41 bits per heavy atom. The van der Waals surface area contributed by atoms with Crippen LogP contribution in [0.5, 0.6) is 0 Å². The molecular formula is C12H12Br2F2O. The summed E-state index contributed by atoms with van der Waals surface area (Å²) < 4.78 is 31.0. The first kappa shape index (κ1) is 13.4. The van der Waals surface area contributed by atoms with Crippen molar-refractivity contribution in [1.82, 2.24) is 0 Å². The van der Waals surface area contributed by atoms with Crippen LogP contribution < -0.4 is 0 Å². The van der Waals surface area contributed by atoms with E-state index in [4.69, 9.17) is 4.74 Å². The summed E-state index contributed by atoms with van der Waals surface area (Å²) in [7, 11) is 0. The first-order valence-corrected chi connectivity index (χ1v) is 7.18. The Bertz CT molecular complexity index is 385. The van der Waals surface area contributed by atoms with Gasteiger partial charge in [0.05, 0.1) is 19.1 Å². The molecule has 1 aromatic carbocycles. The molecule has 94 valence electrons. The fraction of sp³-hybridized carbons (Fsp3) is 0.500. The molecule has 0 aromatic heterocycles. The Morgan fingerprint density at radius 1 is 1.24 bits per heavy atom. The van der Waals surface area contributed by atoms with Gasteiger partial charge in [-0.3, -0.25) is 0 Å². The SMILES string of the molecule is FC1(F)C(COCc2ccccc2)C1(Br)CBr. The van der Waals surface area contributed by atoms with Gasteiger partial charge >= 0.3 is 0 Å². The van der Waals surface area contributed by atoms with E-state index in [9.17, 15) is 8.78 Å². The van der Waals surface area contributed by atoms with Crippen molar-refractivity contribution in [1.29, 1.82) is 0 Å². The number of hydrogen-bond donors (Lipinski definition) is 0. The molecule has 0 bridgehead atoms. The second-order valence-electron chi connectivity index (χ2n) is 4.17. The molecule has 1 aliphatic rings. The minimum atomic E-state index is -2.69. The second kappa shape index (κ2) is 4.94. The summed E-state index contributed by atoms with van der Waals surface area (Å²) in [5.41, 5.74) is 0.996. The predicted molar refractivity (Wildman–Crippen MR) is 70.0 cm³/mol. The Morgan fingerprint density at radius 2 is 1.88 bits per heavy atom. The molecule has 1 fully saturated rings. The van der Waals surface area contributed by atoms with Crippen molar-refractivity contribution < 1.29 is 13.5 Å². The quantitative estimate of drug-likeness (QED) is 0.713. The topological polar surface area (TPSA) is 9.23 Å². The monoisotopic (exact) mass is 368 g/mol. The average Bonchev–Trinajstić information content (AvgIpc) is 2.76. The minimum Gasteiger partial charge on any atom is -0.376 e. The van der Waals surface area contributed by atoms with E-state index in [2.05, 4.69) is 31.9 Å². The van der Waals surface area contributed by atoms with Crippen LogP contribution >= 0.6 is 31.9 Å². The molecule has 0 aliphatic heterocycles. The second-order valence-corrected chi connectivity index (χ2v) is 6.15. The molecule has 0 heterocycles. The number of ether oxygens (including phenoxy) is 1. The van der Waals surface area contributed by atoms with Gasteiger partial charge in [0.1, 0.15) is 4.32 Å². The first-order chi connectivity index (χ1) is 8.02. The molecule has 17 heavy (non-hydrogen) atoms. The molecule has 0 amide bonds. The number of alkyl halides is 4. The fourth-order valence-electron chi connectivity index (χ4n) is 1.79. The van der Waals surface area contributed by atoms with Crippen molar-refractivity contribution >= 4 is 31.9 Å². The van der Waals surface area contributed by atoms with Gasteiger partial charge in [-0.25, -0.2) is 8.78 Å². The zero-order valence-corrected chi connectivity index (χ0v) is 12.2. The Kier molecular flexibility index (Phi) is 3.90. The highest BCUT2D eigenvalue weighted by Gasteiger charge is 2.79. The number of halogens is 4. The molecule has 0 saturated heterocycles. The molecule has 5 heteroatoms. The highest BCUT2D eigenvalue weighted by molar-refractivity contribution is 9.12. The molecule has 2 atom stereocenters. The molecular weight excluding hydrogens is 358 g/mol. The average molecular weight is 370 g/mol. The molecule has 2 rings (SSSR count). The minimum absolute atomic E-state index is 0.0682. The highest BCUT2D eigenvalue weighted by atomic mass is 79.9. The number of hydrogen-bond acceptors (Lipinski definition) is 1. The van der Waals surface area contributed by atoms with E-state index in [1.165, 1.54) is 0 Å². The van der Waals surface area contributed by atoms with Crippen LogP contribution in [0.15, 0.2) is 30.3 Å². The van der Waals surface area contributed by atoms with Crippen LogP contribution in [-0.2, 0) is 11.3 Å². The standard InChI is InChI=1S/C12H12Br2F2O/c13-8-11(14)10(12(11,15)16)7-17-6-9-4-2-1-3-5-9/h1-5,10H,6-8H2. The van der Waals surface area contributed by atoms with Crippen LogP contribution in [0.2, 0.25) is 0 Å².